The lowest BCUT2D eigenvalue weighted by Gasteiger charge is -2.27. The first-order valence-electron chi connectivity index (χ1n) is 7.33. The van der Waals surface area contributed by atoms with Crippen molar-refractivity contribution in [1.82, 2.24) is 5.32 Å². The monoisotopic (exact) mass is 325 g/mol. The number of hydrogen-bond acceptors (Lipinski definition) is 4. The molecule has 4 unspecified atom stereocenters. The third-order valence-corrected chi connectivity index (χ3v) is 4.90. The Morgan fingerprint density at radius 3 is 2.45 bits per heavy atom. The third-order valence-electron chi connectivity index (χ3n) is 4.90. The highest BCUT2D eigenvalue weighted by Gasteiger charge is 2.48. The van der Waals surface area contributed by atoms with Crippen LogP contribution in [0.1, 0.15) is 24.8 Å². The first-order valence-corrected chi connectivity index (χ1v) is 7.33. The summed E-state index contributed by atoms with van der Waals surface area (Å²) in [6.45, 7) is 0.386. The lowest BCUT2D eigenvalue weighted by atomic mass is 9.84. The Hall–Kier alpha value is -1.66. The van der Waals surface area contributed by atoms with Gasteiger partial charge >= 0.3 is 0 Å². The summed E-state index contributed by atoms with van der Waals surface area (Å²) in [5.41, 5.74) is 7.06. The Morgan fingerprint density at radius 1 is 1.27 bits per heavy atom. The van der Waals surface area contributed by atoms with Crippen molar-refractivity contribution in [3.63, 3.8) is 0 Å². The molecule has 3 rings (SSSR count). The van der Waals surface area contributed by atoms with Gasteiger partial charge in [-0.15, -0.1) is 12.4 Å². The number of carbonyl (C=O) groups excluding carboxylic acids is 1. The molecule has 1 amide bonds. The number of nitrogens with zero attached hydrogens (tertiary/aromatic N) is 1. The lowest BCUT2D eigenvalue weighted by Crippen LogP contribution is -2.45. The molecule has 22 heavy (non-hydrogen) atoms. The zero-order valence-electron chi connectivity index (χ0n) is 12.1. The lowest BCUT2D eigenvalue weighted by molar-refractivity contribution is -0.384. The van der Waals surface area contributed by atoms with Crippen LogP contribution in [0.5, 0.6) is 0 Å². The first-order chi connectivity index (χ1) is 10.1. The second kappa shape index (κ2) is 6.62. The van der Waals surface area contributed by atoms with Gasteiger partial charge in [-0.25, -0.2) is 0 Å². The maximum Gasteiger partial charge on any atom is 0.269 e. The van der Waals surface area contributed by atoms with Crippen LogP contribution >= 0.6 is 12.4 Å². The van der Waals surface area contributed by atoms with E-state index >= 15 is 0 Å². The highest BCUT2D eigenvalue weighted by atomic mass is 35.5. The molecule has 120 valence electrons. The van der Waals surface area contributed by atoms with Crippen LogP contribution in [0.2, 0.25) is 0 Å². The van der Waals surface area contributed by atoms with Gasteiger partial charge in [-0.3, -0.25) is 14.9 Å². The summed E-state index contributed by atoms with van der Waals surface area (Å²) in [7, 11) is 0. The number of nitro groups is 1. The number of fused-ring (bicyclic) bond motifs is 2. The van der Waals surface area contributed by atoms with Gasteiger partial charge in [-0.05, 0) is 36.7 Å². The number of hydrogen-bond donors (Lipinski definition) is 2. The van der Waals surface area contributed by atoms with E-state index in [4.69, 9.17) is 5.73 Å². The van der Waals surface area contributed by atoms with Crippen molar-refractivity contribution in [2.24, 2.45) is 23.5 Å². The number of non-ortho nitro benzene ring substituents is 1. The Balaban J connectivity index is 0.00000176. The van der Waals surface area contributed by atoms with Gasteiger partial charge in [0.05, 0.1) is 10.8 Å². The van der Waals surface area contributed by atoms with Gasteiger partial charge in [-0.1, -0.05) is 12.1 Å². The van der Waals surface area contributed by atoms with Crippen LogP contribution in [0.15, 0.2) is 24.3 Å². The highest BCUT2D eigenvalue weighted by molar-refractivity contribution is 5.85. The van der Waals surface area contributed by atoms with Crippen LogP contribution in [0.25, 0.3) is 0 Å². The summed E-state index contributed by atoms with van der Waals surface area (Å²) in [6.07, 6.45) is 3.34. The van der Waals surface area contributed by atoms with E-state index in [9.17, 15) is 14.9 Å². The third kappa shape index (κ3) is 3.08. The van der Waals surface area contributed by atoms with E-state index in [0.29, 0.717) is 18.4 Å². The van der Waals surface area contributed by atoms with Crippen molar-refractivity contribution < 1.29 is 9.72 Å². The van der Waals surface area contributed by atoms with Crippen LogP contribution in [-0.2, 0) is 11.3 Å². The van der Waals surface area contributed by atoms with Crippen molar-refractivity contribution in [3.05, 3.63) is 39.9 Å². The number of carbonyl (C=O) groups is 1. The van der Waals surface area contributed by atoms with Gasteiger partial charge in [0.2, 0.25) is 5.91 Å². The highest BCUT2D eigenvalue weighted by Crippen LogP contribution is 2.47. The molecule has 2 aliphatic carbocycles. The number of nitrogens with one attached hydrogen (secondary N) is 1. The summed E-state index contributed by atoms with van der Waals surface area (Å²) in [5.74, 6) is 0.891. The molecule has 2 fully saturated rings. The number of rotatable bonds is 4. The zero-order valence-corrected chi connectivity index (χ0v) is 12.9. The molecule has 0 spiro atoms. The molecule has 1 aromatic carbocycles. The minimum atomic E-state index is -0.434. The number of amides is 1. The molecular weight excluding hydrogens is 306 g/mol. The quantitative estimate of drug-likeness (QED) is 0.653. The predicted molar refractivity (Wildman–Crippen MR) is 84.5 cm³/mol. The molecule has 0 aromatic heterocycles. The van der Waals surface area contributed by atoms with Crippen LogP contribution in [-0.4, -0.2) is 16.9 Å². The Labute approximate surface area is 135 Å². The molecule has 4 atom stereocenters. The van der Waals surface area contributed by atoms with Gasteiger partial charge in [0, 0.05) is 24.7 Å². The fourth-order valence-electron chi connectivity index (χ4n) is 3.77. The van der Waals surface area contributed by atoms with Gasteiger partial charge in [-0.2, -0.15) is 0 Å². The van der Waals surface area contributed by atoms with Gasteiger partial charge < -0.3 is 11.1 Å². The minimum absolute atomic E-state index is 0. The second-order valence-corrected chi connectivity index (χ2v) is 6.08. The average Bonchev–Trinajstić information content (AvgIpc) is 3.06. The summed E-state index contributed by atoms with van der Waals surface area (Å²) >= 11 is 0. The van der Waals surface area contributed by atoms with E-state index < -0.39 is 4.92 Å². The van der Waals surface area contributed by atoms with Gasteiger partial charge in [0.15, 0.2) is 0 Å². The summed E-state index contributed by atoms with van der Waals surface area (Å²) in [4.78, 5) is 22.4. The number of nitrogens with two attached hydrogens (primary N) is 1. The molecule has 1 aromatic rings. The van der Waals surface area contributed by atoms with Crippen LogP contribution in [0.4, 0.5) is 5.69 Å². The Kier molecular flexibility index (Phi) is 5.03. The fourth-order valence-corrected chi connectivity index (χ4v) is 3.77. The summed E-state index contributed by atoms with van der Waals surface area (Å²) in [5, 5.41) is 13.5. The largest absolute Gasteiger partial charge is 0.352 e. The molecule has 0 aliphatic heterocycles. The summed E-state index contributed by atoms with van der Waals surface area (Å²) in [6, 6.07) is 6.22. The minimum Gasteiger partial charge on any atom is -0.352 e. The van der Waals surface area contributed by atoms with Crippen LogP contribution in [0.3, 0.4) is 0 Å². The number of benzene rings is 1. The Morgan fingerprint density at radius 2 is 1.91 bits per heavy atom. The number of halogens is 1. The van der Waals surface area contributed by atoms with Crippen LogP contribution < -0.4 is 11.1 Å². The number of nitro benzene ring substituents is 1. The standard InChI is InChI=1S/C15H19N3O3.ClH/c16-14-11-4-3-10(7-11)13(14)15(19)17-8-9-1-5-12(6-2-9)18(20)21;/h1-2,5-6,10-11,13-14H,3-4,7-8,16H2,(H,17,19);1H. The topological polar surface area (TPSA) is 98.3 Å². The molecule has 2 bridgehead atoms. The maximum atomic E-state index is 12.3. The van der Waals surface area contributed by atoms with Crippen molar-refractivity contribution in [2.45, 2.75) is 31.8 Å². The first kappa shape index (κ1) is 16.7. The van der Waals surface area contributed by atoms with Crippen molar-refractivity contribution >= 4 is 24.0 Å². The van der Waals surface area contributed by atoms with E-state index in [0.717, 1.165) is 24.8 Å². The molecule has 7 heteroatoms. The predicted octanol–water partition coefficient (Wildman–Crippen LogP) is 2.01. The van der Waals surface area contributed by atoms with Crippen molar-refractivity contribution in [2.75, 3.05) is 0 Å². The van der Waals surface area contributed by atoms with Gasteiger partial charge in [0.25, 0.3) is 5.69 Å². The molecule has 6 nitrogen and oxygen atoms in total. The normalized spacial score (nSPS) is 29.0. The molecule has 2 saturated carbocycles. The van der Waals surface area contributed by atoms with Crippen LogP contribution in [0, 0.1) is 27.9 Å². The molecule has 3 N–H and O–H groups in total. The van der Waals surface area contributed by atoms with E-state index in [-0.39, 0.29) is 36.0 Å². The van der Waals surface area contributed by atoms with E-state index in [1.54, 1.807) is 12.1 Å². The average molecular weight is 326 g/mol. The van der Waals surface area contributed by atoms with E-state index in [1.165, 1.54) is 12.1 Å². The molecule has 0 radical (unpaired) electrons. The second-order valence-electron chi connectivity index (χ2n) is 6.08. The molecule has 2 aliphatic rings. The van der Waals surface area contributed by atoms with Crippen molar-refractivity contribution in [1.29, 1.82) is 0 Å². The summed E-state index contributed by atoms with van der Waals surface area (Å²) < 4.78 is 0. The van der Waals surface area contributed by atoms with Gasteiger partial charge in [0.1, 0.15) is 0 Å². The zero-order chi connectivity index (χ0) is 15.0. The van der Waals surface area contributed by atoms with E-state index in [1.807, 2.05) is 0 Å². The smallest absolute Gasteiger partial charge is 0.269 e. The van der Waals surface area contributed by atoms with Crippen molar-refractivity contribution in [3.8, 4) is 0 Å². The molecule has 0 saturated heterocycles. The maximum absolute atomic E-state index is 12.3. The Bertz CT molecular complexity index is 562. The molecule has 0 heterocycles. The SMILES string of the molecule is Cl.NC1C2CCC(C2)C1C(=O)NCc1ccc([N+](=O)[O-])cc1. The molecular formula is C15H20ClN3O3. The van der Waals surface area contributed by atoms with E-state index in [2.05, 4.69) is 5.32 Å². The fraction of sp³-hybridized carbons (Fsp3) is 0.533.